The van der Waals surface area contributed by atoms with E-state index in [4.69, 9.17) is 0 Å². The van der Waals surface area contributed by atoms with Crippen molar-refractivity contribution >= 4 is 35.1 Å². The van der Waals surface area contributed by atoms with Crippen LogP contribution in [0.15, 0.2) is 29.2 Å². The van der Waals surface area contributed by atoms with E-state index in [1.54, 1.807) is 11.8 Å². The molecule has 0 saturated carbocycles. The van der Waals surface area contributed by atoms with Crippen LogP contribution in [0.5, 0.6) is 0 Å². The number of benzene rings is 1. The molecule has 0 heterocycles. The highest BCUT2D eigenvalue weighted by molar-refractivity contribution is 8.00. The maximum absolute atomic E-state index is 12.6. The Morgan fingerprint density at radius 1 is 1.24 bits per heavy atom. The van der Waals surface area contributed by atoms with Crippen LogP contribution in [0.25, 0.3) is 0 Å². The van der Waals surface area contributed by atoms with Crippen LogP contribution in [0.2, 0.25) is 0 Å². The molecule has 21 heavy (non-hydrogen) atoms. The average molecular weight is 341 g/mol. The van der Waals surface area contributed by atoms with Crippen molar-refractivity contribution in [2.75, 3.05) is 30.1 Å². The second kappa shape index (κ2) is 8.53. The minimum atomic E-state index is -4.35. The number of thioether (sulfide) groups is 2. The second-order valence-electron chi connectivity index (χ2n) is 4.07. The van der Waals surface area contributed by atoms with Crippen molar-refractivity contribution in [1.29, 1.82) is 0 Å². The lowest BCUT2D eigenvalue weighted by Gasteiger charge is -2.21. The Bertz CT molecular complexity index is 450. The standard InChI is InChI=1S/C13H15F4NOS2/c1-20-8-2-7-18(12(19)9-14)10-3-5-11(6-4-10)21-13(15,16)17/h3-6H,2,7-9H2,1H3. The summed E-state index contributed by atoms with van der Waals surface area (Å²) in [6.45, 7) is -0.784. The Balaban J connectivity index is 2.80. The van der Waals surface area contributed by atoms with Gasteiger partial charge in [-0.1, -0.05) is 0 Å². The van der Waals surface area contributed by atoms with Gasteiger partial charge < -0.3 is 4.90 Å². The molecule has 0 fully saturated rings. The van der Waals surface area contributed by atoms with Gasteiger partial charge >= 0.3 is 5.51 Å². The molecular formula is C13H15F4NOS2. The highest BCUT2D eigenvalue weighted by Gasteiger charge is 2.29. The molecule has 0 saturated heterocycles. The number of hydrogen-bond donors (Lipinski definition) is 0. The van der Waals surface area contributed by atoms with Gasteiger partial charge in [0.2, 0.25) is 0 Å². The van der Waals surface area contributed by atoms with Crippen LogP contribution >= 0.6 is 23.5 Å². The van der Waals surface area contributed by atoms with Crippen molar-refractivity contribution in [3.63, 3.8) is 0 Å². The van der Waals surface area contributed by atoms with Crippen molar-refractivity contribution in [3.8, 4) is 0 Å². The fourth-order valence-corrected chi connectivity index (χ4v) is 2.62. The normalized spacial score (nSPS) is 11.5. The number of amides is 1. The fourth-order valence-electron chi connectivity index (χ4n) is 1.66. The summed E-state index contributed by atoms with van der Waals surface area (Å²) in [5, 5.41) is 0. The first-order chi connectivity index (χ1) is 9.87. The van der Waals surface area contributed by atoms with Crippen LogP contribution in [0.4, 0.5) is 23.2 Å². The summed E-state index contributed by atoms with van der Waals surface area (Å²) in [6, 6.07) is 5.36. The van der Waals surface area contributed by atoms with Gasteiger partial charge in [0.05, 0.1) is 0 Å². The molecule has 0 aliphatic rings. The van der Waals surface area contributed by atoms with E-state index < -0.39 is 18.1 Å². The van der Waals surface area contributed by atoms with Gasteiger partial charge in [0.1, 0.15) is 0 Å². The lowest BCUT2D eigenvalue weighted by molar-refractivity contribution is -0.119. The van der Waals surface area contributed by atoms with Crippen LogP contribution in [-0.4, -0.2) is 36.6 Å². The molecule has 1 aromatic rings. The zero-order chi connectivity index (χ0) is 15.9. The SMILES string of the molecule is CSCCCN(C(=O)CF)c1ccc(SC(F)(F)F)cc1. The minimum Gasteiger partial charge on any atom is -0.310 e. The fraction of sp³-hybridized carbons (Fsp3) is 0.462. The molecule has 2 nitrogen and oxygen atoms in total. The van der Waals surface area contributed by atoms with Gasteiger partial charge in [-0.2, -0.15) is 24.9 Å². The largest absolute Gasteiger partial charge is 0.446 e. The van der Waals surface area contributed by atoms with Gasteiger partial charge in [0.25, 0.3) is 5.91 Å². The topological polar surface area (TPSA) is 20.3 Å². The van der Waals surface area contributed by atoms with Crippen molar-refractivity contribution in [1.82, 2.24) is 0 Å². The Morgan fingerprint density at radius 3 is 2.33 bits per heavy atom. The Morgan fingerprint density at radius 2 is 1.86 bits per heavy atom. The first-order valence-corrected chi connectivity index (χ1v) is 8.29. The summed E-state index contributed by atoms with van der Waals surface area (Å²) >= 11 is 1.38. The van der Waals surface area contributed by atoms with Crippen LogP contribution in [0.1, 0.15) is 6.42 Å². The number of carbonyl (C=O) groups is 1. The third-order valence-electron chi connectivity index (χ3n) is 2.53. The van der Waals surface area contributed by atoms with Gasteiger partial charge in [-0.25, -0.2) is 4.39 Å². The van der Waals surface area contributed by atoms with Crippen molar-refractivity contribution < 1.29 is 22.4 Å². The molecule has 0 radical (unpaired) electrons. The first kappa shape index (κ1) is 18.2. The van der Waals surface area contributed by atoms with Crippen LogP contribution in [0, 0.1) is 0 Å². The highest BCUT2D eigenvalue weighted by Crippen LogP contribution is 2.37. The number of alkyl halides is 4. The third-order valence-corrected chi connectivity index (χ3v) is 3.96. The second-order valence-corrected chi connectivity index (χ2v) is 6.19. The summed E-state index contributed by atoms with van der Waals surface area (Å²) < 4.78 is 49.3. The molecule has 0 N–H and O–H groups in total. The van der Waals surface area contributed by atoms with Gasteiger partial charge in [-0.15, -0.1) is 0 Å². The smallest absolute Gasteiger partial charge is 0.310 e. The van der Waals surface area contributed by atoms with E-state index in [2.05, 4.69) is 0 Å². The molecule has 0 aliphatic carbocycles. The van der Waals surface area contributed by atoms with E-state index in [1.807, 2.05) is 6.26 Å². The van der Waals surface area contributed by atoms with E-state index in [0.29, 0.717) is 18.7 Å². The number of hydrogen-bond acceptors (Lipinski definition) is 3. The summed E-state index contributed by atoms with van der Waals surface area (Å²) in [7, 11) is 0. The van der Waals surface area contributed by atoms with Crippen LogP contribution in [0.3, 0.4) is 0 Å². The third kappa shape index (κ3) is 6.60. The predicted octanol–water partition coefficient (Wildman–Crippen LogP) is 4.35. The number of rotatable bonds is 7. The zero-order valence-electron chi connectivity index (χ0n) is 11.3. The van der Waals surface area contributed by atoms with Crippen molar-refractivity contribution in [2.45, 2.75) is 16.8 Å². The van der Waals surface area contributed by atoms with E-state index >= 15 is 0 Å². The lowest BCUT2D eigenvalue weighted by atomic mass is 10.2. The maximum Gasteiger partial charge on any atom is 0.446 e. The van der Waals surface area contributed by atoms with Crippen LogP contribution in [-0.2, 0) is 4.79 Å². The molecule has 0 spiro atoms. The summed E-state index contributed by atoms with van der Waals surface area (Å²) in [6.07, 6.45) is 2.61. The van der Waals surface area contributed by atoms with Crippen molar-refractivity contribution in [3.05, 3.63) is 24.3 Å². The van der Waals surface area contributed by atoms with E-state index in [1.165, 1.54) is 29.2 Å². The molecule has 1 amide bonds. The van der Waals surface area contributed by atoms with Crippen molar-refractivity contribution in [2.24, 2.45) is 0 Å². The van der Waals surface area contributed by atoms with E-state index in [9.17, 15) is 22.4 Å². The average Bonchev–Trinajstić information content (AvgIpc) is 2.42. The summed E-state index contributed by atoms with van der Waals surface area (Å²) in [5.74, 6) is 0.130. The molecule has 0 aromatic heterocycles. The molecule has 0 aliphatic heterocycles. The highest BCUT2D eigenvalue weighted by atomic mass is 32.2. The molecule has 0 unspecified atom stereocenters. The molecule has 0 bridgehead atoms. The van der Waals surface area contributed by atoms with Gasteiger partial charge in [-0.05, 0) is 54.5 Å². The quantitative estimate of drug-likeness (QED) is 0.418. The van der Waals surface area contributed by atoms with Gasteiger partial charge in [0.15, 0.2) is 6.67 Å². The van der Waals surface area contributed by atoms with E-state index in [0.717, 1.165) is 5.75 Å². The maximum atomic E-state index is 12.6. The Hall–Kier alpha value is -0.890. The molecule has 8 heteroatoms. The molecule has 118 valence electrons. The van der Waals surface area contributed by atoms with Crippen LogP contribution < -0.4 is 4.90 Å². The van der Waals surface area contributed by atoms with Gasteiger partial charge in [0, 0.05) is 17.1 Å². The van der Waals surface area contributed by atoms with Gasteiger partial charge in [-0.3, -0.25) is 4.79 Å². The summed E-state index contributed by atoms with van der Waals surface area (Å²) in [4.78, 5) is 12.9. The molecule has 1 rings (SSSR count). The van der Waals surface area contributed by atoms with E-state index in [-0.39, 0.29) is 16.7 Å². The monoisotopic (exact) mass is 341 g/mol. The number of nitrogens with zero attached hydrogens (tertiary/aromatic N) is 1. The zero-order valence-corrected chi connectivity index (χ0v) is 13.0. The first-order valence-electron chi connectivity index (χ1n) is 6.08. The number of anilines is 1. The molecule has 0 atom stereocenters. The Labute approximate surface area is 129 Å². The lowest BCUT2D eigenvalue weighted by Crippen LogP contribution is -2.33. The summed E-state index contributed by atoms with van der Waals surface area (Å²) in [5.41, 5.74) is -3.95. The molecule has 1 aromatic carbocycles. The Kier molecular flexibility index (Phi) is 7.37. The number of halogens is 4. The molecular weight excluding hydrogens is 326 g/mol. The minimum absolute atomic E-state index is 0.0306. The number of carbonyl (C=O) groups excluding carboxylic acids is 1. The predicted molar refractivity (Wildman–Crippen MR) is 79.7 cm³/mol.